The first kappa shape index (κ1) is 26.2. The van der Waals surface area contributed by atoms with Crippen LogP contribution in [-0.4, -0.2) is 56.6 Å². The Bertz CT molecular complexity index is 1220. The third-order valence-electron chi connectivity index (χ3n) is 4.85. The van der Waals surface area contributed by atoms with E-state index in [2.05, 4.69) is 0 Å². The third-order valence-corrected chi connectivity index (χ3v) is 5.76. The lowest BCUT2D eigenvalue weighted by Gasteiger charge is -2.17. The van der Waals surface area contributed by atoms with E-state index in [9.17, 15) is 9.59 Å². The molecule has 0 atom stereocenters. The molecule has 3 rings (SSSR count). The minimum Gasteiger partial charge on any atom is -0.492 e. The van der Waals surface area contributed by atoms with Crippen molar-refractivity contribution in [3.8, 4) is 23.0 Å². The molecule has 0 aliphatic heterocycles. The van der Waals surface area contributed by atoms with Crippen LogP contribution in [0.4, 0.5) is 4.79 Å². The first-order chi connectivity index (χ1) is 16.8. The summed E-state index contributed by atoms with van der Waals surface area (Å²) < 4.78 is 28.1. The Balaban J connectivity index is 1.85. The summed E-state index contributed by atoms with van der Waals surface area (Å²) in [6, 6.07) is 9.84. The van der Waals surface area contributed by atoms with Crippen LogP contribution in [0.5, 0.6) is 23.0 Å². The van der Waals surface area contributed by atoms with Crippen LogP contribution < -0.4 is 24.4 Å². The number of hydrogen-bond donors (Lipinski definition) is 1. The van der Waals surface area contributed by atoms with Crippen molar-refractivity contribution in [1.29, 1.82) is 0 Å². The highest BCUT2D eigenvalue weighted by Crippen LogP contribution is 2.43. The molecule has 0 aliphatic rings. The fourth-order valence-electron chi connectivity index (χ4n) is 3.27. The maximum absolute atomic E-state index is 13.0. The Kier molecular flexibility index (Phi) is 8.89. The van der Waals surface area contributed by atoms with Gasteiger partial charge in [-0.1, -0.05) is 11.8 Å². The molecule has 0 spiro atoms. The molecule has 2 aromatic carbocycles. The van der Waals surface area contributed by atoms with Gasteiger partial charge in [0.25, 0.3) is 0 Å². The van der Waals surface area contributed by atoms with Crippen LogP contribution in [0, 0.1) is 0 Å². The van der Waals surface area contributed by atoms with Gasteiger partial charge in [0.15, 0.2) is 22.0 Å². The number of ether oxygens (including phenoxy) is 4. The van der Waals surface area contributed by atoms with E-state index in [-0.39, 0.29) is 29.3 Å². The van der Waals surface area contributed by atoms with Gasteiger partial charge in [0.1, 0.15) is 16.7 Å². The van der Waals surface area contributed by atoms with Crippen LogP contribution >= 0.6 is 11.8 Å². The molecule has 0 aliphatic carbocycles. The number of carbonyl (C=O) groups is 1. The number of aliphatic hydroxyl groups is 1. The molecule has 1 N–H and O–H groups in total. The average Bonchev–Trinajstić information content (AvgIpc) is 2.82. The molecule has 0 unspecified atom stereocenters. The second-order valence-electron chi connectivity index (χ2n) is 7.85. The Morgan fingerprint density at radius 2 is 1.80 bits per heavy atom. The molecule has 10 heteroatoms. The number of benzene rings is 2. The van der Waals surface area contributed by atoms with Crippen molar-refractivity contribution in [2.75, 3.05) is 34.4 Å². The number of nitrogens with zero attached hydrogens (tertiary/aromatic N) is 1. The fraction of sp³-hybridized carbons (Fsp3) is 0.360. The van der Waals surface area contributed by atoms with Gasteiger partial charge in [0, 0.05) is 37.2 Å². The normalized spacial score (nSPS) is 10.9. The minimum atomic E-state index is -0.511. The standard InChI is InChI=1S/C25H29NO8S/c1-15(2)32-20-14-19-22(24(31-5)23(20)30-4)18(28)13-21(34-19)35-17-9-7-16(8-10-17)33-25(29)26(3)11-6-12-27/h7-10,13-15,27H,6,11-12H2,1-5H3. The summed E-state index contributed by atoms with van der Waals surface area (Å²) in [4.78, 5) is 27.2. The Morgan fingerprint density at radius 1 is 1.11 bits per heavy atom. The fourth-order valence-corrected chi connectivity index (χ4v) is 4.08. The van der Waals surface area contributed by atoms with Crippen LogP contribution in [0.25, 0.3) is 11.0 Å². The molecule has 0 fully saturated rings. The number of rotatable bonds is 10. The molecule has 9 nitrogen and oxygen atoms in total. The molecule has 35 heavy (non-hydrogen) atoms. The van der Waals surface area contributed by atoms with E-state index in [1.165, 1.54) is 36.9 Å². The summed E-state index contributed by atoms with van der Waals surface area (Å²) in [5.74, 6) is 1.37. The van der Waals surface area contributed by atoms with Crippen LogP contribution in [0.2, 0.25) is 0 Å². The van der Waals surface area contributed by atoms with Gasteiger partial charge in [0.05, 0.1) is 20.3 Å². The zero-order chi connectivity index (χ0) is 25.5. The van der Waals surface area contributed by atoms with Gasteiger partial charge in [0.2, 0.25) is 5.75 Å². The number of fused-ring (bicyclic) bond motifs is 1. The molecular formula is C25H29NO8S. The maximum atomic E-state index is 13.0. The molecule has 0 saturated carbocycles. The lowest BCUT2D eigenvalue weighted by molar-refractivity contribution is 0.158. The summed E-state index contributed by atoms with van der Waals surface area (Å²) in [6.45, 7) is 4.16. The van der Waals surface area contributed by atoms with E-state index < -0.39 is 6.09 Å². The highest BCUT2D eigenvalue weighted by atomic mass is 32.2. The third kappa shape index (κ3) is 6.40. The SMILES string of the molecule is COc1c(OC(C)C)cc2oc(Sc3ccc(OC(=O)N(C)CCCO)cc3)cc(=O)c2c1OC. The topological polar surface area (TPSA) is 108 Å². The van der Waals surface area contributed by atoms with Crippen LogP contribution in [0.1, 0.15) is 20.3 Å². The average molecular weight is 504 g/mol. The first-order valence-electron chi connectivity index (χ1n) is 11.0. The molecular weight excluding hydrogens is 474 g/mol. The zero-order valence-electron chi connectivity index (χ0n) is 20.3. The Labute approximate surface area is 207 Å². The maximum Gasteiger partial charge on any atom is 0.414 e. The second kappa shape index (κ2) is 11.9. The highest BCUT2D eigenvalue weighted by Gasteiger charge is 2.22. The lowest BCUT2D eigenvalue weighted by Crippen LogP contribution is -2.30. The molecule has 3 aromatic rings. The molecule has 1 amide bonds. The largest absolute Gasteiger partial charge is 0.492 e. The number of carbonyl (C=O) groups excluding carboxylic acids is 1. The summed E-state index contributed by atoms with van der Waals surface area (Å²) in [7, 11) is 4.54. The van der Waals surface area contributed by atoms with E-state index in [0.29, 0.717) is 40.9 Å². The Morgan fingerprint density at radius 3 is 2.40 bits per heavy atom. The number of aliphatic hydroxyl groups excluding tert-OH is 1. The van der Waals surface area contributed by atoms with Crippen molar-refractivity contribution in [2.24, 2.45) is 0 Å². The Hall–Kier alpha value is -3.37. The summed E-state index contributed by atoms with van der Waals surface area (Å²) in [5, 5.41) is 9.52. The minimum absolute atomic E-state index is 0.000822. The summed E-state index contributed by atoms with van der Waals surface area (Å²) >= 11 is 1.25. The van der Waals surface area contributed by atoms with E-state index in [0.717, 1.165) is 4.90 Å². The van der Waals surface area contributed by atoms with E-state index in [4.69, 9.17) is 28.5 Å². The number of amides is 1. The van der Waals surface area contributed by atoms with Crippen molar-refractivity contribution < 1.29 is 33.3 Å². The second-order valence-corrected chi connectivity index (χ2v) is 8.93. The first-order valence-corrected chi connectivity index (χ1v) is 11.8. The highest BCUT2D eigenvalue weighted by molar-refractivity contribution is 7.99. The molecule has 1 aromatic heterocycles. The van der Waals surface area contributed by atoms with Crippen molar-refractivity contribution in [2.45, 2.75) is 36.4 Å². The van der Waals surface area contributed by atoms with Gasteiger partial charge < -0.3 is 33.4 Å². The van der Waals surface area contributed by atoms with Gasteiger partial charge in [-0.25, -0.2) is 4.79 Å². The van der Waals surface area contributed by atoms with Gasteiger partial charge in [-0.2, -0.15) is 0 Å². The van der Waals surface area contributed by atoms with Crippen molar-refractivity contribution in [1.82, 2.24) is 4.90 Å². The number of methoxy groups -OCH3 is 2. The van der Waals surface area contributed by atoms with Crippen molar-refractivity contribution in [3.63, 3.8) is 0 Å². The molecule has 0 radical (unpaired) electrons. The van der Waals surface area contributed by atoms with Gasteiger partial charge in [-0.05, 0) is 44.5 Å². The summed E-state index contributed by atoms with van der Waals surface area (Å²) in [5.41, 5.74) is 0.0289. The van der Waals surface area contributed by atoms with Crippen molar-refractivity contribution >= 4 is 28.8 Å². The van der Waals surface area contributed by atoms with E-state index in [1.807, 2.05) is 13.8 Å². The van der Waals surface area contributed by atoms with Crippen molar-refractivity contribution in [3.05, 3.63) is 46.6 Å². The van der Waals surface area contributed by atoms with Crippen LogP contribution in [-0.2, 0) is 0 Å². The predicted octanol–water partition coefficient (Wildman–Crippen LogP) is 4.56. The van der Waals surface area contributed by atoms with Gasteiger partial charge in [-0.15, -0.1) is 0 Å². The van der Waals surface area contributed by atoms with Gasteiger partial charge >= 0.3 is 6.09 Å². The van der Waals surface area contributed by atoms with E-state index in [1.54, 1.807) is 37.4 Å². The van der Waals surface area contributed by atoms with Crippen LogP contribution in [0.15, 0.2) is 55.6 Å². The quantitative estimate of drug-likeness (QED) is 0.426. The zero-order valence-corrected chi connectivity index (χ0v) is 21.1. The molecule has 1 heterocycles. The number of hydrogen-bond acceptors (Lipinski definition) is 9. The summed E-state index contributed by atoms with van der Waals surface area (Å²) in [6.07, 6.45) is -0.164. The monoisotopic (exact) mass is 503 g/mol. The molecule has 188 valence electrons. The molecule has 0 bridgehead atoms. The lowest BCUT2D eigenvalue weighted by atomic mass is 10.1. The van der Waals surface area contributed by atoms with E-state index >= 15 is 0 Å². The molecule has 0 saturated heterocycles. The smallest absolute Gasteiger partial charge is 0.414 e. The van der Waals surface area contributed by atoms with Gasteiger partial charge in [-0.3, -0.25) is 4.79 Å². The van der Waals surface area contributed by atoms with Crippen LogP contribution in [0.3, 0.4) is 0 Å². The predicted molar refractivity (Wildman–Crippen MR) is 132 cm³/mol.